The Hall–Kier alpha value is -2.00. The first kappa shape index (κ1) is 14.4. The van der Waals surface area contributed by atoms with Gasteiger partial charge < -0.3 is 5.11 Å². The van der Waals surface area contributed by atoms with Gasteiger partial charge in [-0.05, 0) is 19.1 Å². The second-order valence-corrected chi connectivity index (χ2v) is 5.62. The van der Waals surface area contributed by atoms with Crippen LogP contribution < -0.4 is 4.72 Å². The lowest BCUT2D eigenvalue weighted by Gasteiger charge is -2.08. The molecule has 0 saturated carbocycles. The van der Waals surface area contributed by atoms with Crippen molar-refractivity contribution in [3.63, 3.8) is 0 Å². The lowest BCUT2D eigenvalue weighted by Crippen LogP contribution is -2.16. The summed E-state index contributed by atoms with van der Waals surface area (Å²) >= 11 is 0. The Balaban J connectivity index is 2.41. The normalized spacial score (nSPS) is 11.6. The number of nitrogens with zero attached hydrogens (tertiary/aromatic N) is 1. The van der Waals surface area contributed by atoms with Gasteiger partial charge in [-0.3, -0.25) is 9.82 Å². The number of halogens is 2. The minimum absolute atomic E-state index is 0.0834. The first-order chi connectivity index (χ1) is 9.35. The molecule has 1 heterocycles. The van der Waals surface area contributed by atoms with Crippen molar-refractivity contribution in [1.29, 1.82) is 0 Å². The highest BCUT2D eigenvalue weighted by Gasteiger charge is 2.24. The van der Waals surface area contributed by atoms with Crippen LogP contribution in [0.15, 0.2) is 23.2 Å². The Morgan fingerprint density at radius 3 is 2.70 bits per heavy atom. The van der Waals surface area contributed by atoms with Gasteiger partial charge in [-0.1, -0.05) is 0 Å². The van der Waals surface area contributed by atoms with E-state index in [0.29, 0.717) is 11.8 Å². The van der Waals surface area contributed by atoms with Crippen molar-refractivity contribution in [3.05, 3.63) is 41.1 Å². The van der Waals surface area contributed by atoms with Crippen LogP contribution in [-0.4, -0.2) is 23.7 Å². The Labute approximate surface area is 113 Å². The molecule has 0 aliphatic rings. The summed E-state index contributed by atoms with van der Waals surface area (Å²) in [5, 5.41) is 14.7. The Morgan fingerprint density at radius 2 is 2.10 bits per heavy atom. The summed E-state index contributed by atoms with van der Waals surface area (Å²) in [7, 11) is -4.19. The predicted octanol–water partition coefficient (Wildman–Crippen LogP) is 1.29. The molecule has 9 heteroatoms. The van der Waals surface area contributed by atoms with E-state index >= 15 is 0 Å². The average molecular weight is 303 g/mol. The van der Waals surface area contributed by atoms with Crippen LogP contribution in [0.3, 0.4) is 0 Å². The summed E-state index contributed by atoms with van der Waals surface area (Å²) in [6.07, 6.45) is 0. The fourth-order valence-electron chi connectivity index (χ4n) is 1.60. The zero-order valence-electron chi connectivity index (χ0n) is 10.3. The molecule has 0 saturated heterocycles. The van der Waals surface area contributed by atoms with Crippen LogP contribution in [0.1, 0.15) is 11.3 Å². The topological polar surface area (TPSA) is 95.1 Å². The standard InChI is InChI=1S/C11H11F2N3O3S/c1-6-8(5-17)11(15-14-6)20(18,19)16-10-3-2-7(12)4-9(10)13/h2-4,16-17H,5H2,1H3,(H,14,15). The second-order valence-electron chi connectivity index (χ2n) is 4.02. The zero-order valence-corrected chi connectivity index (χ0v) is 11.1. The van der Waals surface area contributed by atoms with Crippen molar-refractivity contribution >= 4 is 15.7 Å². The van der Waals surface area contributed by atoms with Gasteiger partial charge in [0, 0.05) is 17.3 Å². The van der Waals surface area contributed by atoms with Gasteiger partial charge in [0.2, 0.25) is 5.03 Å². The highest BCUT2D eigenvalue weighted by atomic mass is 32.2. The van der Waals surface area contributed by atoms with Gasteiger partial charge in [0.25, 0.3) is 10.0 Å². The minimum Gasteiger partial charge on any atom is -0.392 e. The van der Waals surface area contributed by atoms with E-state index in [9.17, 15) is 17.2 Å². The number of hydrogen-bond acceptors (Lipinski definition) is 4. The maximum absolute atomic E-state index is 13.4. The Bertz CT molecular complexity index is 743. The first-order valence-electron chi connectivity index (χ1n) is 5.47. The van der Waals surface area contributed by atoms with Gasteiger partial charge in [-0.2, -0.15) is 13.5 Å². The van der Waals surface area contributed by atoms with E-state index < -0.39 is 39.0 Å². The number of H-pyrrole nitrogens is 1. The molecule has 0 aliphatic heterocycles. The van der Waals surface area contributed by atoms with Gasteiger partial charge in [-0.25, -0.2) is 8.78 Å². The smallest absolute Gasteiger partial charge is 0.281 e. The highest BCUT2D eigenvalue weighted by molar-refractivity contribution is 7.92. The van der Waals surface area contributed by atoms with Crippen molar-refractivity contribution in [1.82, 2.24) is 10.2 Å². The van der Waals surface area contributed by atoms with Gasteiger partial charge >= 0.3 is 0 Å². The number of hydrogen-bond donors (Lipinski definition) is 3. The van der Waals surface area contributed by atoms with Crippen LogP contribution in [0.2, 0.25) is 0 Å². The van der Waals surface area contributed by atoms with Crippen LogP contribution in [-0.2, 0) is 16.6 Å². The molecule has 2 rings (SSSR count). The van der Waals surface area contributed by atoms with Crippen LogP contribution in [0.4, 0.5) is 14.5 Å². The van der Waals surface area contributed by atoms with E-state index in [1.54, 1.807) is 0 Å². The number of aliphatic hydroxyl groups excluding tert-OH is 1. The predicted molar refractivity (Wildman–Crippen MR) is 66.4 cm³/mol. The molecule has 1 aromatic carbocycles. The number of anilines is 1. The van der Waals surface area contributed by atoms with Gasteiger partial charge in [-0.15, -0.1) is 0 Å². The molecule has 0 amide bonds. The number of sulfonamides is 1. The molecule has 3 N–H and O–H groups in total. The molecular weight excluding hydrogens is 292 g/mol. The molecule has 0 spiro atoms. The number of aliphatic hydroxyl groups is 1. The number of benzene rings is 1. The zero-order chi connectivity index (χ0) is 14.9. The van der Waals surface area contributed by atoms with E-state index in [1.807, 2.05) is 4.72 Å². The monoisotopic (exact) mass is 303 g/mol. The van der Waals surface area contributed by atoms with Crippen molar-refractivity contribution in [2.75, 3.05) is 4.72 Å². The van der Waals surface area contributed by atoms with E-state index in [4.69, 9.17) is 5.11 Å². The molecule has 20 heavy (non-hydrogen) atoms. The highest BCUT2D eigenvalue weighted by Crippen LogP contribution is 2.22. The summed E-state index contributed by atoms with van der Waals surface area (Å²) in [4.78, 5) is 0. The number of aromatic nitrogens is 2. The molecule has 0 bridgehead atoms. The van der Waals surface area contributed by atoms with Crippen LogP contribution in [0.25, 0.3) is 0 Å². The maximum Gasteiger partial charge on any atom is 0.281 e. The molecule has 0 unspecified atom stereocenters. The van der Waals surface area contributed by atoms with Crippen molar-refractivity contribution in [3.8, 4) is 0 Å². The number of aromatic amines is 1. The third kappa shape index (κ3) is 2.63. The largest absolute Gasteiger partial charge is 0.392 e. The Kier molecular flexibility index (Phi) is 3.73. The van der Waals surface area contributed by atoms with Gasteiger partial charge in [0.15, 0.2) is 0 Å². The number of aryl methyl sites for hydroxylation is 1. The lowest BCUT2D eigenvalue weighted by molar-refractivity contribution is 0.277. The molecule has 0 aliphatic carbocycles. The van der Waals surface area contributed by atoms with Crippen LogP contribution in [0.5, 0.6) is 0 Å². The van der Waals surface area contributed by atoms with Gasteiger partial charge in [0.1, 0.15) is 11.6 Å². The summed E-state index contributed by atoms with van der Waals surface area (Å²) in [5.41, 5.74) is 0.0587. The molecule has 0 atom stereocenters. The Morgan fingerprint density at radius 1 is 1.40 bits per heavy atom. The fraction of sp³-hybridized carbons (Fsp3) is 0.182. The van der Waals surface area contributed by atoms with E-state index in [2.05, 4.69) is 10.2 Å². The van der Waals surface area contributed by atoms with Crippen molar-refractivity contribution in [2.45, 2.75) is 18.6 Å². The molecule has 2 aromatic rings. The van der Waals surface area contributed by atoms with E-state index in [0.717, 1.165) is 12.1 Å². The maximum atomic E-state index is 13.4. The number of rotatable bonds is 4. The fourth-order valence-corrected chi connectivity index (χ4v) is 2.86. The summed E-state index contributed by atoms with van der Waals surface area (Å²) in [6, 6.07) is 2.44. The van der Waals surface area contributed by atoms with Gasteiger partial charge in [0.05, 0.1) is 12.3 Å². The van der Waals surface area contributed by atoms with Crippen LogP contribution >= 0.6 is 0 Å². The second kappa shape index (κ2) is 5.17. The van der Waals surface area contributed by atoms with Crippen LogP contribution in [0, 0.1) is 18.6 Å². The first-order valence-corrected chi connectivity index (χ1v) is 6.96. The summed E-state index contributed by atoms with van der Waals surface area (Å²) < 4.78 is 52.3. The third-order valence-corrected chi connectivity index (χ3v) is 3.96. The molecule has 108 valence electrons. The van der Waals surface area contributed by atoms with E-state index in [-0.39, 0.29) is 5.56 Å². The van der Waals surface area contributed by atoms with Crippen molar-refractivity contribution in [2.24, 2.45) is 0 Å². The molecule has 0 fully saturated rings. The summed E-state index contributed by atoms with van der Waals surface area (Å²) in [5.74, 6) is -1.87. The molecule has 0 radical (unpaired) electrons. The number of nitrogens with one attached hydrogen (secondary N) is 2. The molecule has 1 aromatic heterocycles. The average Bonchev–Trinajstić information content (AvgIpc) is 2.74. The van der Waals surface area contributed by atoms with E-state index in [1.165, 1.54) is 6.92 Å². The summed E-state index contributed by atoms with van der Waals surface area (Å²) in [6.45, 7) is 1.00. The lowest BCUT2D eigenvalue weighted by atomic mass is 10.3. The molecular formula is C11H11F2N3O3S. The third-order valence-electron chi connectivity index (χ3n) is 2.62. The molecule has 6 nitrogen and oxygen atoms in total. The SMILES string of the molecule is Cc1[nH]nc(S(=O)(=O)Nc2ccc(F)cc2F)c1CO. The van der Waals surface area contributed by atoms with Crippen molar-refractivity contribution < 1.29 is 22.3 Å². The minimum atomic E-state index is -4.19. The quantitative estimate of drug-likeness (QED) is 0.793.